The molecule has 1 unspecified atom stereocenters. The predicted octanol–water partition coefficient (Wildman–Crippen LogP) is 1.06. The molecule has 160 valence electrons. The topological polar surface area (TPSA) is 119 Å². The zero-order valence-electron chi connectivity index (χ0n) is 16.2. The molecule has 0 aromatic carbocycles. The third-order valence-electron chi connectivity index (χ3n) is 5.04. The minimum Gasteiger partial charge on any atom is -0.345 e. The van der Waals surface area contributed by atoms with Gasteiger partial charge < -0.3 is 13.8 Å². The second-order valence-corrected chi connectivity index (χ2v) is 8.09. The minimum absolute atomic E-state index is 0.129. The average molecular weight is 430 g/mol. The highest BCUT2D eigenvalue weighted by atomic mass is 31.2. The second-order valence-electron chi connectivity index (χ2n) is 6.74. The Morgan fingerprint density at radius 2 is 2.28 bits per heavy atom. The number of rotatable bonds is 10. The lowest BCUT2D eigenvalue weighted by Gasteiger charge is -2.36. The summed E-state index contributed by atoms with van der Waals surface area (Å²) >= 11 is 0. The van der Waals surface area contributed by atoms with Crippen LogP contribution in [0.4, 0.5) is 4.39 Å². The maximum Gasteiger partial charge on any atom is 0.330 e. The number of H-pyrrole nitrogens is 1. The molecule has 0 amide bonds. The molecule has 1 N–H and O–H groups in total. The molecule has 5 atom stereocenters. The number of nitrogens with one attached hydrogen (secondary N) is 1. The van der Waals surface area contributed by atoms with Crippen molar-refractivity contribution in [1.82, 2.24) is 14.6 Å². The van der Waals surface area contributed by atoms with Crippen LogP contribution in [-0.2, 0) is 18.6 Å². The van der Waals surface area contributed by atoms with Gasteiger partial charge in [0.25, 0.3) is 5.56 Å². The normalized spacial score (nSPS) is 29.8. The molecule has 2 saturated heterocycles. The molecule has 3 rings (SSSR count). The molecule has 0 radical (unpaired) electrons. The molecule has 10 nitrogen and oxygen atoms in total. The lowest BCUT2D eigenvalue weighted by molar-refractivity contribution is -0.250. The first-order chi connectivity index (χ1) is 14.0. The average Bonchev–Trinajstić information content (AvgIpc) is 3.15. The lowest BCUT2D eigenvalue weighted by Crippen LogP contribution is -2.48. The highest BCUT2D eigenvalue weighted by molar-refractivity contribution is 7.46. The lowest BCUT2D eigenvalue weighted by atomic mass is 9.96. The largest absolute Gasteiger partial charge is 0.345 e. The van der Waals surface area contributed by atoms with Crippen molar-refractivity contribution in [3.8, 4) is 6.07 Å². The first-order valence-electron chi connectivity index (χ1n) is 9.31. The van der Waals surface area contributed by atoms with Gasteiger partial charge in [0, 0.05) is 18.9 Å². The van der Waals surface area contributed by atoms with Gasteiger partial charge in [0.1, 0.15) is 24.4 Å². The maximum atomic E-state index is 12.7. The van der Waals surface area contributed by atoms with Crippen molar-refractivity contribution in [2.75, 3.05) is 33.1 Å². The number of nitriles is 1. The Balaban J connectivity index is 1.89. The SMILES string of the molecule is CC[C@@]12CN(OCCF)[C@@H]([C@H](n3ccc(=O)[nH]c3=O)O1)[C@@H]2OP(C)OCCC#N. The molecule has 2 aliphatic heterocycles. The van der Waals surface area contributed by atoms with Crippen LogP contribution in [0.1, 0.15) is 26.0 Å². The van der Waals surface area contributed by atoms with Gasteiger partial charge >= 0.3 is 5.69 Å². The number of hydrogen-bond acceptors (Lipinski definition) is 8. The van der Waals surface area contributed by atoms with Crippen molar-refractivity contribution >= 4 is 8.38 Å². The number of fused-ring (bicyclic) bond motifs is 2. The molecular weight excluding hydrogens is 406 g/mol. The third kappa shape index (κ3) is 4.43. The number of aromatic nitrogens is 2. The molecule has 1 aromatic heterocycles. The van der Waals surface area contributed by atoms with Crippen LogP contribution in [0.5, 0.6) is 0 Å². The highest BCUT2D eigenvalue weighted by Gasteiger charge is 2.65. The standard InChI is InChI=1S/C17H24FN4O6P/c1-3-17-11-22(25-10-6-18)13(14(17)28-29(2)26-9-4-7-19)15(27-17)21-8-5-12(23)20-16(21)24/h5,8,13-15H,3-4,6,9-11H2,1-2H3,(H,20,23,24)/t13-,14+,15-,17+,29?/m1/s1. The van der Waals surface area contributed by atoms with E-state index in [9.17, 15) is 14.0 Å². The zero-order chi connectivity index (χ0) is 21.0. The van der Waals surface area contributed by atoms with Crippen molar-refractivity contribution in [3.63, 3.8) is 0 Å². The number of halogens is 1. The summed E-state index contributed by atoms with van der Waals surface area (Å²) in [6.45, 7) is 3.52. The number of ether oxygens (including phenoxy) is 1. The van der Waals surface area contributed by atoms with Crippen LogP contribution >= 0.6 is 8.38 Å². The fraction of sp³-hybridized carbons (Fsp3) is 0.706. The van der Waals surface area contributed by atoms with E-state index in [1.807, 2.05) is 13.0 Å². The number of alkyl halides is 1. The van der Waals surface area contributed by atoms with Gasteiger partial charge in [-0.05, 0) is 6.42 Å². The van der Waals surface area contributed by atoms with Gasteiger partial charge in [-0.3, -0.25) is 19.2 Å². The molecule has 29 heavy (non-hydrogen) atoms. The van der Waals surface area contributed by atoms with E-state index in [0.717, 1.165) is 0 Å². The second kappa shape index (κ2) is 9.43. The molecule has 0 spiro atoms. The predicted molar refractivity (Wildman–Crippen MR) is 101 cm³/mol. The Bertz CT molecular complexity index is 859. The minimum atomic E-state index is -1.32. The zero-order valence-corrected chi connectivity index (χ0v) is 17.1. The van der Waals surface area contributed by atoms with Gasteiger partial charge in [-0.15, -0.1) is 0 Å². The van der Waals surface area contributed by atoms with Crippen LogP contribution in [0.3, 0.4) is 0 Å². The van der Waals surface area contributed by atoms with E-state index in [2.05, 4.69) is 4.98 Å². The summed E-state index contributed by atoms with van der Waals surface area (Å²) in [6, 6.07) is 2.69. The molecule has 2 aliphatic rings. The first kappa shape index (κ1) is 22.0. The summed E-state index contributed by atoms with van der Waals surface area (Å²) in [5, 5.41) is 10.3. The Morgan fingerprint density at radius 3 is 2.93 bits per heavy atom. The van der Waals surface area contributed by atoms with Crippen molar-refractivity contribution in [2.24, 2.45) is 0 Å². The van der Waals surface area contributed by atoms with Gasteiger partial charge in [0.05, 0.1) is 32.2 Å². The summed E-state index contributed by atoms with van der Waals surface area (Å²) in [5.41, 5.74) is -1.92. The number of nitrogens with zero attached hydrogens (tertiary/aromatic N) is 3. The van der Waals surface area contributed by atoms with Crippen molar-refractivity contribution in [2.45, 2.75) is 43.7 Å². The summed E-state index contributed by atoms with van der Waals surface area (Å²) in [4.78, 5) is 31.6. The Labute approximate surface area is 168 Å². The fourth-order valence-corrected chi connectivity index (χ4v) is 4.77. The summed E-state index contributed by atoms with van der Waals surface area (Å²) in [6.07, 6.45) is 0.869. The monoisotopic (exact) mass is 430 g/mol. The van der Waals surface area contributed by atoms with Gasteiger partial charge in [0.15, 0.2) is 14.6 Å². The molecule has 12 heteroatoms. The molecule has 2 fully saturated rings. The van der Waals surface area contributed by atoms with Crippen LogP contribution in [0.2, 0.25) is 0 Å². The molecule has 2 bridgehead atoms. The Morgan fingerprint density at radius 1 is 1.48 bits per heavy atom. The third-order valence-corrected chi connectivity index (χ3v) is 6.11. The van der Waals surface area contributed by atoms with E-state index in [0.29, 0.717) is 13.0 Å². The van der Waals surface area contributed by atoms with Crippen LogP contribution in [0.25, 0.3) is 0 Å². The number of morpholine rings is 1. The van der Waals surface area contributed by atoms with Crippen LogP contribution in [0, 0.1) is 11.3 Å². The molecule has 0 aliphatic carbocycles. The molecule has 0 saturated carbocycles. The van der Waals surface area contributed by atoms with Gasteiger partial charge in [-0.1, -0.05) is 6.92 Å². The summed E-state index contributed by atoms with van der Waals surface area (Å²) in [7, 11) is -1.32. The van der Waals surface area contributed by atoms with Gasteiger partial charge in [0.2, 0.25) is 0 Å². The number of hydroxylamine groups is 2. The van der Waals surface area contributed by atoms with Gasteiger partial charge in [-0.2, -0.15) is 10.3 Å². The van der Waals surface area contributed by atoms with Crippen molar-refractivity contribution in [3.05, 3.63) is 33.1 Å². The van der Waals surface area contributed by atoms with Crippen molar-refractivity contribution in [1.29, 1.82) is 5.26 Å². The van der Waals surface area contributed by atoms with E-state index in [1.165, 1.54) is 16.8 Å². The van der Waals surface area contributed by atoms with E-state index in [-0.39, 0.29) is 19.6 Å². The number of hydrogen-bond donors (Lipinski definition) is 1. The van der Waals surface area contributed by atoms with E-state index in [1.54, 1.807) is 11.7 Å². The van der Waals surface area contributed by atoms with Crippen molar-refractivity contribution < 1.29 is 23.0 Å². The number of aromatic amines is 1. The van der Waals surface area contributed by atoms with Crippen LogP contribution in [0.15, 0.2) is 21.9 Å². The summed E-state index contributed by atoms with van der Waals surface area (Å²) in [5.74, 6) is 0. The van der Waals surface area contributed by atoms with Crippen LogP contribution in [-0.4, -0.2) is 65.5 Å². The highest BCUT2D eigenvalue weighted by Crippen LogP contribution is 2.53. The maximum absolute atomic E-state index is 12.7. The molecular formula is C17H24FN4O6P. The fourth-order valence-electron chi connectivity index (χ4n) is 3.73. The molecule has 1 aromatic rings. The summed E-state index contributed by atoms with van der Waals surface area (Å²) < 4.78 is 32.0. The Hall–Kier alpha value is -1.67. The van der Waals surface area contributed by atoms with E-state index in [4.69, 9.17) is 23.9 Å². The van der Waals surface area contributed by atoms with E-state index < -0.39 is 50.3 Å². The van der Waals surface area contributed by atoms with Gasteiger partial charge in [-0.25, -0.2) is 9.18 Å². The molecule has 3 heterocycles. The van der Waals surface area contributed by atoms with Crippen LogP contribution < -0.4 is 11.2 Å². The first-order valence-corrected chi connectivity index (χ1v) is 10.9. The van der Waals surface area contributed by atoms with E-state index >= 15 is 0 Å². The quantitative estimate of drug-likeness (QED) is 0.432. The Kier molecular flexibility index (Phi) is 7.16. The smallest absolute Gasteiger partial charge is 0.330 e.